The van der Waals surface area contributed by atoms with Gasteiger partial charge in [-0.25, -0.2) is 0 Å². The molecule has 1 amide bonds. The lowest BCUT2D eigenvalue weighted by Crippen LogP contribution is -2.30. The summed E-state index contributed by atoms with van der Waals surface area (Å²) in [5, 5.41) is 0. The van der Waals surface area contributed by atoms with Gasteiger partial charge in [0, 0.05) is 31.5 Å². The zero-order valence-corrected chi connectivity index (χ0v) is 12.6. The largest absolute Gasteiger partial charge is 0.486 e. The summed E-state index contributed by atoms with van der Waals surface area (Å²) < 4.78 is 10.9. The van der Waals surface area contributed by atoms with E-state index in [2.05, 4.69) is 0 Å². The second-order valence-corrected chi connectivity index (χ2v) is 4.85. The zero-order chi connectivity index (χ0) is 15.2. The van der Waals surface area contributed by atoms with Crippen LogP contribution in [0.3, 0.4) is 0 Å². The minimum atomic E-state index is -0.0486. The van der Waals surface area contributed by atoms with Gasteiger partial charge in [0.1, 0.15) is 13.2 Å². The van der Waals surface area contributed by atoms with Crippen LogP contribution < -0.4 is 9.47 Å². The number of amides is 1. The molecule has 1 heterocycles. The van der Waals surface area contributed by atoms with E-state index in [0.717, 1.165) is 0 Å². The highest BCUT2D eigenvalue weighted by Gasteiger charge is 2.17. The first-order valence-electron chi connectivity index (χ1n) is 7.36. The molecule has 1 aliphatic heterocycles. The molecule has 1 aromatic rings. The molecule has 5 nitrogen and oxygen atoms in total. The smallest absolute Gasteiger partial charge is 0.223 e. The molecule has 0 fully saturated rings. The van der Waals surface area contributed by atoms with Crippen molar-refractivity contribution in [2.75, 3.05) is 26.3 Å². The minimum absolute atomic E-state index is 0.0193. The lowest BCUT2D eigenvalue weighted by Gasteiger charge is -2.19. The molecule has 0 atom stereocenters. The lowest BCUT2D eigenvalue weighted by atomic mass is 10.1. The zero-order valence-electron chi connectivity index (χ0n) is 12.6. The fraction of sp³-hybridized carbons (Fsp3) is 0.500. The van der Waals surface area contributed by atoms with Crippen molar-refractivity contribution >= 4 is 11.7 Å². The fourth-order valence-electron chi connectivity index (χ4n) is 2.32. The van der Waals surface area contributed by atoms with Gasteiger partial charge in [-0.1, -0.05) is 0 Å². The standard InChI is InChI=1S/C16H21NO4/c1-3-17(4-2)16(19)8-6-13(18)12-5-7-14-15(11-12)21-10-9-20-14/h5,7,11H,3-4,6,8-10H2,1-2H3. The van der Waals surface area contributed by atoms with E-state index in [1.807, 2.05) is 13.8 Å². The number of hydrogen-bond acceptors (Lipinski definition) is 4. The van der Waals surface area contributed by atoms with Crippen molar-refractivity contribution < 1.29 is 19.1 Å². The SMILES string of the molecule is CCN(CC)C(=O)CCC(=O)c1ccc2c(c1)OCCO2. The van der Waals surface area contributed by atoms with Crippen LogP contribution in [0.1, 0.15) is 37.0 Å². The number of nitrogens with zero attached hydrogens (tertiary/aromatic N) is 1. The van der Waals surface area contributed by atoms with Gasteiger partial charge in [0.2, 0.25) is 5.91 Å². The molecule has 0 unspecified atom stereocenters. The predicted molar refractivity (Wildman–Crippen MR) is 78.9 cm³/mol. The second kappa shape index (κ2) is 7.11. The Morgan fingerprint density at radius 2 is 1.71 bits per heavy atom. The van der Waals surface area contributed by atoms with Crippen LogP contribution in [0.2, 0.25) is 0 Å². The molecule has 0 saturated heterocycles. The average molecular weight is 291 g/mol. The van der Waals surface area contributed by atoms with Crippen molar-refractivity contribution in [3.8, 4) is 11.5 Å². The number of Topliss-reactive ketones (excluding diaryl/α,β-unsaturated/α-hetero) is 1. The van der Waals surface area contributed by atoms with Crippen LogP contribution in [0.25, 0.3) is 0 Å². The van der Waals surface area contributed by atoms with Gasteiger partial charge in [-0.3, -0.25) is 9.59 Å². The van der Waals surface area contributed by atoms with Crippen molar-refractivity contribution in [3.63, 3.8) is 0 Å². The first kappa shape index (κ1) is 15.4. The van der Waals surface area contributed by atoms with E-state index in [0.29, 0.717) is 43.4 Å². The van der Waals surface area contributed by atoms with Crippen LogP contribution in [-0.2, 0) is 4.79 Å². The first-order chi connectivity index (χ1) is 10.2. The topological polar surface area (TPSA) is 55.8 Å². The van der Waals surface area contributed by atoms with Crippen molar-refractivity contribution in [3.05, 3.63) is 23.8 Å². The van der Waals surface area contributed by atoms with Crippen molar-refractivity contribution in [1.29, 1.82) is 0 Å². The van der Waals surface area contributed by atoms with Crippen LogP contribution in [0.15, 0.2) is 18.2 Å². The van der Waals surface area contributed by atoms with Crippen LogP contribution in [0.4, 0.5) is 0 Å². The Hall–Kier alpha value is -2.04. The number of ketones is 1. The third-order valence-corrected chi connectivity index (χ3v) is 3.55. The van der Waals surface area contributed by atoms with Crippen LogP contribution in [0.5, 0.6) is 11.5 Å². The van der Waals surface area contributed by atoms with Crippen LogP contribution in [0, 0.1) is 0 Å². The highest BCUT2D eigenvalue weighted by atomic mass is 16.6. The van der Waals surface area contributed by atoms with Gasteiger partial charge in [-0.15, -0.1) is 0 Å². The molecule has 0 spiro atoms. The summed E-state index contributed by atoms with van der Waals surface area (Å²) in [4.78, 5) is 25.8. The first-order valence-corrected chi connectivity index (χ1v) is 7.36. The van der Waals surface area contributed by atoms with Crippen molar-refractivity contribution in [2.45, 2.75) is 26.7 Å². The van der Waals surface area contributed by atoms with Crippen molar-refractivity contribution in [2.24, 2.45) is 0 Å². The predicted octanol–water partition coefficient (Wildman–Crippen LogP) is 2.29. The molecule has 0 bridgehead atoms. The summed E-state index contributed by atoms with van der Waals surface area (Å²) in [5.74, 6) is 1.23. The molecular formula is C16H21NO4. The van der Waals surface area contributed by atoms with E-state index >= 15 is 0 Å². The molecule has 0 aliphatic carbocycles. The lowest BCUT2D eigenvalue weighted by molar-refractivity contribution is -0.130. The summed E-state index contributed by atoms with van der Waals surface area (Å²) in [6, 6.07) is 5.16. The Morgan fingerprint density at radius 3 is 2.38 bits per heavy atom. The number of fused-ring (bicyclic) bond motifs is 1. The Kier molecular flexibility index (Phi) is 5.20. The molecule has 0 saturated carbocycles. The second-order valence-electron chi connectivity index (χ2n) is 4.85. The summed E-state index contributed by atoms with van der Waals surface area (Å²) in [6.45, 7) is 6.24. The van der Waals surface area contributed by atoms with Gasteiger partial charge in [-0.05, 0) is 32.0 Å². The Labute approximate surface area is 124 Å². The minimum Gasteiger partial charge on any atom is -0.486 e. The fourth-order valence-corrected chi connectivity index (χ4v) is 2.32. The number of carbonyl (C=O) groups is 2. The molecule has 1 aromatic carbocycles. The molecule has 0 radical (unpaired) electrons. The molecule has 0 N–H and O–H groups in total. The quantitative estimate of drug-likeness (QED) is 0.755. The summed E-state index contributed by atoms with van der Waals surface area (Å²) in [5.41, 5.74) is 0.562. The number of rotatable bonds is 6. The number of hydrogen-bond donors (Lipinski definition) is 0. The number of ether oxygens (including phenoxy) is 2. The van der Waals surface area contributed by atoms with Gasteiger partial charge in [0.15, 0.2) is 17.3 Å². The van der Waals surface area contributed by atoms with E-state index in [1.165, 1.54) is 0 Å². The van der Waals surface area contributed by atoms with E-state index in [9.17, 15) is 9.59 Å². The third-order valence-electron chi connectivity index (χ3n) is 3.55. The average Bonchev–Trinajstić information content (AvgIpc) is 2.53. The molecular weight excluding hydrogens is 270 g/mol. The van der Waals surface area contributed by atoms with Gasteiger partial charge >= 0.3 is 0 Å². The maximum Gasteiger partial charge on any atom is 0.223 e. The summed E-state index contributed by atoms with van der Waals surface area (Å²) in [6.07, 6.45) is 0.462. The molecule has 21 heavy (non-hydrogen) atoms. The van der Waals surface area contributed by atoms with Crippen molar-refractivity contribution in [1.82, 2.24) is 4.90 Å². The Bertz CT molecular complexity index is 523. The van der Waals surface area contributed by atoms with E-state index < -0.39 is 0 Å². The molecule has 1 aliphatic rings. The van der Waals surface area contributed by atoms with E-state index in [4.69, 9.17) is 9.47 Å². The van der Waals surface area contributed by atoms with Gasteiger partial charge in [0.05, 0.1) is 0 Å². The van der Waals surface area contributed by atoms with E-state index in [1.54, 1.807) is 23.1 Å². The van der Waals surface area contributed by atoms with E-state index in [-0.39, 0.29) is 24.5 Å². The third kappa shape index (κ3) is 3.74. The molecule has 2 rings (SSSR count). The number of benzene rings is 1. The normalized spacial score (nSPS) is 12.9. The Morgan fingerprint density at radius 1 is 1.05 bits per heavy atom. The highest BCUT2D eigenvalue weighted by molar-refractivity contribution is 5.98. The van der Waals surface area contributed by atoms with Crippen LogP contribution >= 0.6 is 0 Å². The van der Waals surface area contributed by atoms with Gasteiger partial charge in [-0.2, -0.15) is 0 Å². The van der Waals surface area contributed by atoms with Gasteiger partial charge < -0.3 is 14.4 Å². The monoisotopic (exact) mass is 291 g/mol. The molecule has 5 heteroatoms. The highest BCUT2D eigenvalue weighted by Crippen LogP contribution is 2.31. The number of carbonyl (C=O) groups excluding carboxylic acids is 2. The van der Waals surface area contributed by atoms with Gasteiger partial charge in [0.25, 0.3) is 0 Å². The summed E-state index contributed by atoms with van der Waals surface area (Å²) in [7, 11) is 0. The maximum absolute atomic E-state index is 12.2. The molecule has 0 aromatic heterocycles. The van der Waals surface area contributed by atoms with Crippen LogP contribution in [-0.4, -0.2) is 42.9 Å². The summed E-state index contributed by atoms with van der Waals surface area (Å²) >= 11 is 0. The Balaban J connectivity index is 1.96. The maximum atomic E-state index is 12.2. The molecule has 114 valence electrons.